The minimum atomic E-state index is -1.57. The van der Waals surface area contributed by atoms with Gasteiger partial charge in [0.05, 0.1) is 12.1 Å². The first-order valence-corrected chi connectivity index (χ1v) is 13.0. The van der Waals surface area contributed by atoms with E-state index < -0.39 is 54.0 Å². The Hall–Kier alpha value is -3.87. The molecule has 39 heavy (non-hydrogen) atoms. The van der Waals surface area contributed by atoms with Crippen LogP contribution >= 0.6 is 12.6 Å². The Morgan fingerprint density at radius 1 is 0.897 bits per heavy atom. The molecule has 0 spiro atoms. The number of fused-ring (bicyclic) bond motifs is 1. The van der Waals surface area contributed by atoms with Crippen LogP contribution in [0.25, 0.3) is 10.9 Å². The number of carboxylic acids is 1. The van der Waals surface area contributed by atoms with Crippen molar-refractivity contribution in [2.24, 2.45) is 5.73 Å². The van der Waals surface area contributed by atoms with Crippen LogP contribution in [0, 0.1) is 0 Å². The van der Waals surface area contributed by atoms with Crippen LogP contribution in [-0.4, -0.2) is 74.9 Å². The highest BCUT2D eigenvalue weighted by atomic mass is 32.1. The topological polar surface area (TPSA) is 187 Å². The van der Waals surface area contributed by atoms with E-state index in [-0.39, 0.29) is 18.6 Å². The number of nitrogens with two attached hydrogens (primary N) is 1. The van der Waals surface area contributed by atoms with Crippen molar-refractivity contribution < 1.29 is 29.4 Å². The van der Waals surface area contributed by atoms with Crippen LogP contribution in [-0.2, 0) is 32.0 Å². The minimum Gasteiger partial charge on any atom is -0.480 e. The molecule has 0 fully saturated rings. The van der Waals surface area contributed by atoms with Crippen LogP contribution in [0.5, 0.6) is 0 Å². The van der Waals surface area contributed by atoms with Gasteiger partial charge in [-0.1, -0.05) is 48.5 Å². The molecule has 5 atom stereocenters. The zero-order valence-corrected chi connectivity index (χ0v) is 22.2. The number of aliphatic hydroxyl groups excluding tert-OH is 1. The molecule has 0 radical (unpaired) electrons. The lowest BCUT2D eigenvalue weighted by Gasteiger charge is -2.25. The summed E-state index contributed by atoms with van der Waals surface area (Å²) in [5.41, 5.74) is 8.61. The van der Waals surface area contributed by atoms with Gasteiger partial charge in [0.15, 0.2) is 6.04 Å². The van der Waals surface area contributed by atoms with Crippen LogP contribution in [0.15, 0.2) is 60.8 Å². The number of aromatic amines is 1. The zero-order valence-electron chi connectivity index (χ0n) is 21.3. The standard InChI is InChI=1S/C27H33N5O6S/c1-15(33)23(27(37)38)32-26(36)22(14-39)31-25(35)21(12-17-13-29-20-10-6-5-9-18(17)20)30-24(34)19(28)11-16-7-3-2-4-8-16/h2-10,13,15,19,21-23,29,33,39H,11-12,14,28H2,1H3,(H,30,34)(H,31,35)(H,32,36)(H,37,38). The molecular weight excluding hydrogens is 522 g/mol. The second kappa shape index (κ2) is 13.8. The Morgan fingerprint density at radius 3 is 2.15 bits per heavy atom. The van der Waals surface area contributed by atoms with Crippen LogP contribution < -0.4 is 21.7 Å². The number of aliphatic carboxylic acids is 1. The molecule has 1 heterocycles. The Balaban J connectivity index is 1.79. The Kier molecular flexibility index (Phi) is 10.5. The van der Waals surface area contributed by atoms with E-state index in [1.807, 2.05) is 54.6 Å². The van der Waals surface area contributed by atoms with Gasteiger partial charge in [-0.3, -0.25) is 14.4 Å². The number of carboxylic acid groups (broad SMARTS) is 1. The molecule has 1 aromatic heterocycles. The molecule has 2 aromatic carbocycles. The molecule has 0 bridgehead atoms. The van der Waals surface area contributed by atoms with Crippen LogP contribution in [0.3, 0.4) is 0 Å². The van der Waals surface area contributed by atoms with E-state index in [9.17, 15) is 29.4 Å². The first-order valence-electron chi connectivity index (χ1n) is 12.4. The number of hydrogen-bond donors (Lipinski definition) is 8. The quantitative estimate of drug-likeness (QED) is 0.138. The number of carbonyl (C=O) groups excluding carboxylic acids is 3. The van der Waals surface area contributed by atoms with Crippen molar-refractivity contribution in [3.05, 3.63) is 71.9 Å². The van der Waals surface area contributed by atoms with Crippen LogP contribution in [0.4, 0.5) is 0 Å². The Morgan fingerprint density at radius 2 is 1.51 bits per heavy atom. The number of H-pyrrole nitrogens is 1. The summed E-state index contributed by atoms with van der Waals surface area (Å²) in [6.45, 7) is 1.22. The molecule has 0 aliphatic carbocycles. The van der Waals surface area contributed by atoms with Gasteiger partial charge in [-0.15, -0.1) is 0 Å². The number of hydrogen-bond acceptors (Lipinski definition) is 7. The Bertz CT molecular complexity index is 1300. The first kappa shape index (κ1) is 29.7. The largest absolute Gasteiger partial charge is 0.480 e. The molecule has 0 saturated carbocycles. The van der Waals surface area contributed by atoms with Gasteiger partial charge in [-0.25, -0.2) is 4.79 Å². The number of rotatable bonds is 13. The van der Waals surface area contributed by atoms with Gasteiger partial charge in [-0.05, 0) is 30.5 Å². The number of para-hydroxylation sites is 1. The van der Waals surface area contributed by atoms with Gasteiger partial charge in [0.2, 0.25) is 17.7 Å². The molecule has 5 unspecified atom stereocenters. The number of benzene rings is 2. The smallest absolute Gasteiger partial charge is 0.328 e. The average Bonchev–Trinajstić information content (AvgIpc) is 3.32. The maximum absolute atomic E-state index is 13.4. The predicted octanol–water partition coefficient (Wildman–Crippen LogP) is 0.130. The highest BCUT2D eigenvalue weighted by Gasteiger charge is 2.31. The monoisotopic (exact) mass is 555 g/mol. The number of aromatic nitrogens is 1. The van der Waals surface area contributed by atoms with Gasteiger partial charge >= 0.3 is 5.97 Å². The van der Waals surface area contributed by atoms with E-state index in [0.717, 1.165) is 22.0 Å². The summed E-state index contributed by atoms with van der Waals surface area (Å²) < 4.78 is 0. The minimum absolute atomic E-state index is 0.0893. The van der Waals surface area contributed by atoms with Crippen molar-refractivity contribution in [2.45, 2.75) is 50.0 Å². The van der Waals surface area contributed by atoms with Gasteiger partial charge < -0.3 is 36.9 Å². The zero-order chi connectivity index (χ0) is 28.5. The lowest BCUT2D eigenvalue weighted by Crippen LogP contribution is -2.59. The van der Waals surface area contributed by atoms with Gasteiger partial charge in [-0.2, -0.15) is 12.6 Å². The number of aliphatic hydroxyl groups is 1. The fraction of sp³-hybridized carbons (Fsp3) is 0.333. The molecule has 0 aliphatic rings. The number of carbonyl (C=O) groups is 4. The summed E-state index contributed by atoms with van der Waals surface area (Å²) in [7, 11) is 0. The first-order chi connectivity index (χ1) is 18.6. The third-order valence-corrected chi connectivity index (χ3v) is 6.59. The van der Waals surface area contributed by atoms with Gasteiger partial charge in [0.1, 0.15) is 12.1 Å². The van der Waals surface area contributed by atoms with E-state index >= 15 is 0 Å². The maximum Gasteiger partial charge on any atom is 0.328 e. The van der Waals surface area contributed by atoms with Crippen molar-refractivity contribution in [1.82, 2.24) is 20.9 Å². The van der Waals surface area contributed by atoms with E-state index in [1.54, 1.807) is 6.20 Å². The summed E-state index contributed by atoms with van der Waals surface area (Å²) >= 11 is 4.12. The second-order valence-corrected chi connectivity index (χ2v) is 9.60. The van der Waals surface area contributed by atoms with E-state index in [1.165, 1.54) is 6.92 Å². The highest BCUT2D eigenvalue weighted by molar-refractivity contribution is 7.80. The maximum atomic E-state index is 13.4. The number of thiol groups is 1. The van der Waals surface area contributed by atoms with Gasteiger partial charge in [0.25, 0.3) is 0 Å². The van der Waals surface area contributed by atoms with Crippen LogP contribution in [0.1, 0.15) is 18.1 Å². The van der Waals surface area contributed by atoms with E-state index in [2.05, 4.69) is 33.6 Å². The second-order valence-electron chi connectivity index (χ2n) is 9.23. The normalized spacial score (nSPS) is 15.0. The summed E-state index contributed by atoms with van der Waals surface area (Å²) in [5, 5.41) is 27.2. The van der Waals surface area contributed by atoms with E-state index in [0.29, 0.717) is 0 Å². The summed E-state index contributed by atoms with van der Waals surface area (Å²) in [6.07, 6.45) is 0.712. The number of amides is 3. The van der Waals surface area contributed by atoms with Crippen molar-refractivity contribution >= 4 is 47.2 Å². The van der Waals surface area contributed by atoms with Crippen LogP contribution in [0.2, 0.25) is 0 Å². The SMILES string of the molecule is CC(O)C(NC(=O)C(CS)NC(=O)C(Cc1c[nH]c2ccccc12)NC(=O)C(N)Cc1ccccc1)C(=O)O. The molecule has 0 saturated heterocycles. The third-order valence-electron chi connectivity index (χ3n) is 6.23. The van der Waals surface area contributed by atoms with Crippen molar-refractivity contribution in [1.29, 1.82) is 0 Å². The summed E-state index contributed by atoms with van der Waals surface area (Å²) in [5.74, 6) is -3.67. The van der Waals surface area contributed by atoms with Gasteiger partial charge in [0, 0.05) is 29.3 Å². The molecule has 3 amide bonds. The lowest BCUT2D eigenvalue weighted by atomic mass is 10.0. The fourth-order valence-corrected chi connectivity index (χ4v) is 4.34. The van der Waals surface area contributed by atoms with E-state index in [4.69, 9.17) is 5.73 Å². The molecule has 0 aliphatic heterocycles. The predicted molar refractivity (Wildman–Crippen MR) is 149 cm³/mol. The molecule has 12 heteroatoms. The molecular formula is C27H33N5O6S. The Labute approximate surface area is 231 Å². The third kappa shape index (κ3) is 8.06. The lowest BCUT2D eigenvalue weighted by molar-refractivity contribution is -0.145. The molecule has 3 rings (SSSR count). The summed E-state index contributed by atoms with van der Waals surface area (Å²) in [4.78, 5) is 53.6. The molecule has 8 N–H and O–H groups in total. The fourth-order valence-electron chi connectivity index (χ4n) is 4.08. The molecule has 3 aromatic rings. The molecule has 208 valence electrons. The molecule has 11 nitrogen and oxygen atoms in total. The number of nitrogens with one attached hydrogen (secondary N) is 4. The van der Waals surface area contributed by atoms with Crippen molar-refractivity contribution in [2.75, 3.05) is 5.75 Å². The van der Waals surface area contributed by atoms with Crippen molar-refractivity contribution in [3.8, 4) is 0 Å². The highest BCUT2D eigenvalue weighted by Crippen LogP contribution is 2.19. The summed E-state index contributed by atoms with van der Waals surface area (Å²) in [6, 6.07) is 11.8. The van der Waals surface area contributed by atoms with Crippen molar-refractivity contribution in [3.63, 3.8) is 0 Å². The average molecular weight is 556 g/mol.